The van der Waals surface area contributed by atoms with Gasteiger partial charge >= 0.3 is 5.97 Å². The summed E-state index contributed by atoms with van der Waals surface area (Å²) in [5.74, 6) is 0.215. The van der Waals surface area contributed by atoms with Gasteiger partial charge in [-0.25, -0.2) is 4.98 Å². The molecule has 0 saturated carbocycles. The van der Waals surface area contributed by atoms with Crippen molar-refractivity contribution in [2.45, 2.75) is 194 Å². The molecule has 0 aliphatic carbocycles. The summed E-state index contributed by atoms with van der Waals surface area (Å²) in [6.07, 6.45) is 38.8. The van der Waals surface area contributed by atoms with Crippen LogP contribution in [0.3, 0.4) is 0 Å². The number of carbonyl (C=O) groups is 1. The highest BCUT2D eigenvalue weighted by molar-refractivity contribution is 5.72. The van der Waals surface area contributed by atoms with Crippen molar-refractivity contribution in [3.05, 3.63) is 18.7 Å². The van der Waals surface area contributed by atoms with Crippen molar-refractivity contribution in [1.82, 2.24) is 14.5 Å². The fourth-order valence-corrected chi connectivity index (χ4v) is 6.33. The van der Waals surface area contributed by atoms with E-state index in [1.165, 1.54) is 167 Å². The minimum atomic E-state index is 0.0909. The standard InChI is InChI=1S/C39H75N3O2/c1-4-7-10-13-17-22-28-38(29-23-18-14-11-8-5-2)39(43)44-36-26-21-16-20-25-32-41(31-24-19-15-12-9-6-3)33-27-34-42-35-30-40-37-42/h30,35,37-38H,4-29,31-34,36H2,1-3H3. The van der Waals surface area contributed by atoms with Gasteiger partial charge in [0.2, 0.25) is 0 Å². The van der Waals surface area contributed by atoms with E-state index >= 15 is 0 Å². The summed E-state index contributed by atoms with van der Waals surface area (Å²) in [4.78, 5) is 19.9. The van der Waals surface area contributed by atoms with E-state index < -0.39 is 0 Å². The number of ether oxygens (including phenoxy) is 1. The Labute approximate surface area is 274 Å². The summed E-state index contributed by atoms with van der Waals surface area (Å²) in [6.45, 7) is 12.1. The second-order valence-electron chi connectivity index (χ2n) is 13.5. The Morgan fingerprint density at radius 1 is 0.614 bits per heavy atom. The van der Waals surface area contributed by atoms with Crippen molar-refractivity contribution in [1.29, 1.82) is 0 Å². The molecular formula is C39H75N3O2. The zero-order valence-corrected chi connectivity index (χ0v) is 29.9. The number of hydrogen-bond donors (Lipinski definition) is 0. The summed E-state index contributed by atoms with van der Waals surface area (Å²) < 4.78 is 8.04. The van der Waals surface area contributed by atoms with Crippen LogP contribution in [0, 0.1) is 5.92 Å². The Balaban J connectivity index is 2.25. The number of imidazole rings is 1. The highest BCUT2D eigenvalue weighted by Gasteiger charge is 2.19. The molecule has 44 heavy (non-hydrogen) atoms. The maximum atomic E-state index is 13.0. The molecule has 0 atom stereocenters. The molecule has 1 aromatic rings. The molecule has 0 aliphatic heterocycles. The molecule has 0 spiro atoms. The van der Waals surface area contributed by atoms with Gasteiger partial charge in [0.1, 0.15) is 0 Å². The second-order valence-corrected chi connectivity index (χ2v) is 13.5. The van der Waals surface area contributed by atoms with E-state index in [9.17, 15) is 4.79 Å². The van der Waals surface area contributed by atoms with Crippen LogP contribution in [0.2, 0.25) is 0 Å². The molecule has 0 unspecified atom stereocenters. The average Bonchev–Trinajstić information content (AvgIpc) is 3.55. The van der Waals surface area contributed by atoms with Crippen molar-refractivity contribution in [3.63, 3.8) is 0 Å². The molecule has 0 radical (unpaired) electrons. The van der Waals surface area contributed by atoms with Crippen molar-refractivity contribution >= 4 is 5.97 Å². The fourth-order valence-electron chi connectivity index (χ4n) is 6.33. The summed E-state index contributed by atoms with van der Waals surface area (Å²) in [7, 11) is 0. The highest BCUT2D eigenvalue weighted by atomic mass is 16.5. The third-order valence-electron chi connectivity index (χ3n) is 9.29. The molecule has 0 aliphatic rings. The first-order valence-corrected chi connectivity index (χ1v) is 19.6. The first-order chi connectivity index (χ1) is 21.7. The summed E-state index contributed by atoms with van der Waals surface area (Å²) >= 11 is 0. The highest BCUT2D eigenvalue weighted by Crippen LogP contribution is 2.21. The quantitative estimate of drug-likeness (QED) is 0.0570. The minimum Gasteiger partial charge on any atom is -0.465 e. The Bertz CT molecular complexity index is 692. The largest absolute Gasteiger partial charge is 0.465 e. The van der Waals surface area contributed by atoms with Gasteiger partial charge < -0.3 is 14.2 Å². The number of rotatable bonds is 34. The van der Waals surface area contributed by atoms with Crippen molar-refractivity contribution in [3.8, 4) is 0 Å². The van der Waals surface area contributed by atoms with E-state index in [4.69, 9.17) is 4.74 Å². The van der Waals surface area contributed by atoms with Crippen LogP contribution >= 0.6 is 0 Å². The molecular weight excluding hydrogens is 542 g/mol. The maximum absolute atomic E-state index is 13.0. The Hall–Kier alpha value is -1.36. The number of aromatic nitrogens is 2. The van der Waals surface area contributed by atoms with E-state index in [1.54, 1.807) is 0 Å². The summed E-state index contributed by atoms with van der Waals surface area (Å²) in [5.41, 5.74) is 0. The molecule has 0 aromatic carbocycles. The lowest BCUT2D eigenvalue weighted by Crippen LogP contribution is -2.28. The number of esters is 1. The number of hydrogen-bond acceptors (Lipinski definition) is 4. The smallest absolute Gasteiger partial charge is 0.308 e. The molecule has 0 bridgehead atoms. The van der Waals surface area contributed by atoms with Gasteiger partial charge in [-0.3, -0.25) is 4.79 Å². The van der Waals surface area contributed by atoms with Gasteiger partial charge in [0.25, 0.3) is 0 Å². The van der Waals surface area contributed by atoms with Gasteiger partial charge in [0, 0.05) is 18.9 Å². The van der Waals surface area contributed by atoms with E-state index in [0.717, 1.165) is 25.8 Å². The van der Waals surface area contributed by atoms with Gasteiger partial charge in [-0.2, -0.15) is 0 Å². The molecule has 258 valence electrons. The van der Waals surface area contributed by atoms with E-state index in [0.29, 0.717) is 6.61 Å². The predicted molar refractivity (Wildman–Crippen MR) is 190 cm³/mol. The average molecular weight is 618 g/mol. The molecule has 1 rings (SSSR count). The molecule has 1 aromatic heterocycles. The zero-order valence-electron chi connectivity index (χ0n) is 29.9. The molecule has 5 heteroatoms. The lowest BCUT2D eigenvalue weighted by Gasteiger charge is -2.22. The first-order valence-electron chi connectivity index (χ1n) is 19.6. The molecule has 0 N–H and O–H groups in total. The number of nitrogens with zero attached hydrogens (tertiary/aromatic N) is 3. The Morgan fingerprint density at radius 2 is 1.07 bits per heavy atom. The van der Waals surface area contributed by atoms with Crippen LogP contribution < -0.4 is 0 Å². The predicted octanol–water partition coefficient (Wildman–Crippen LogP) is 11.5. The van der Waals surface area contributed by atoms with E-state index in [-0.39, 0.29) is 11.9 Å². The normalized spacial score (nSPS) is 11.7. The minimum absolute atomic E-state index is 0.0909. The van der Waals surface area contributed by atoms with E-state index in [1.807, 2.05) is 12.5 Å². The third kappa shape index (κ3) is 24.9. The summed E-state index contributed by atoms with van der Waals surface area (Å²) in [5, 5.41) is 0. The van der Waals surface area contributed by atoms with Crippen LogP contribution in [0.15, 0.2) is 18.7 Å². The second kappa shape index (κ2) is 31.6. The van der Waals surface area contributed by atoms with Crippen LogP contribution in [-0.2, 0) is 16.1 Å². The van der Waals surface area contributed by atoms with Crippen LogP contribution in [0.4, 0.5) is 0 Å². The monoisotopic (exact) mass is 618 g/mol. The molecule has 0 amide bonds. The van der Waals surface area contributed by atoms with Crippen molar-refractivity contribution in [2.24, 2.45) is 5.92 Å². The van der Waals surface area contributed by atoms with Gasteiger partial charge in [-0.05, 0) is 58.2 Å². The van der Waals surface area contributed by atoms with Gasteiger partial charge in [-0.15, -0.1) is 0 Å². The van der Waals surface area contributed by atoms with Crippen molar-refractivity contribution < 1.29 is 9.53 Å². The van der Waals surface area contributed by atoms with Gasteiger partial charge in [0.05, 0.1) is 18.9 Å². The molecule has 1 heterocycles. The number of carbonyl (C=O) groups excluding carboxylic acids is 1. The van der Waals surface area contributed by atoms with Crippen LogP contribution in [-0.4, -0.2) is 46.7 Å². The topological polar surface area (TPSA) is 47.4 Å². The first kappa shape index (κ1) is 40.7. The maximum Gasteiger partial charge on any atom is 0.308 e. The lowest BCUT2D eigenvalue weighted by molar-refractivity contribution is -0.149. The summed E-state index contributed by atoms with van der Waals surface area (Å²) in [6, 6.07) is 0. The fraction of sp³-hybridized carbons (Fsp3) is 0.897. The van der Waals surface area contributed by atoms with Gasteiger partial charge in [0.15, 0.2) is 0 Å². The Kier molecular flexibility index (Phi) is 29.2. The van der Waals surface area contributed by atoms with Crippen LogP contribution in [0.5, 0.6) is 0 Å². The SMILES string of the molecule is CCCCCCCCC(CCCCCCCC)C(=O)OCCCCCCCN(CCCCCCCC)CCCn1ccnc1. The van der Waals surface area contributed by atoms with E-state index in [2.05, 4.69) is 41.4 Å². The number of unbranched alkanes of at least 4 members (excludes halogenated alkanes) is 19. The van der Waals surface area contributed by atoms with Crippen LogP contribution in [0.25, 0.3) is 0 Å². The Morgan fingerprint density at radius 3 is 1.57 bits per heavy atom. The third-order valence-corrected chi connectivity index (χ3v) is 9.29. The van der Waals surface area contributed by atoms with Gasteiger partial charge in [-0.1, -0.05) is 149 Å². The number of aryl methyl sites for hydroxylation is 1. The molecule has 0 fully saturated rings. The lowest BCUT2D eigenvalue weighted by atomic mass is 9.94. The molecule has 0 saturated heterocycles. The zero-order chi connectivity index (χ0) is 31.8. The van der Waals surface area contributed by atoms with Crippen LogP contribution in [0.1, 0.15) is 188 Å². The molecule has 5 nitrogen and oxygen atoms in total. The van der Waals surface area contributed by atoms with Crippen molar-refractivity contribution in [2.75, 3.05) is 26.2 Å².